The minimum absolute atomic E-state index is 0. The van der Waals surface area contributed by atoms with Gasteiger partial charge in [0.05, 0.1) is 11.1 Å². The number of nitrogens with zero attached hydrogens (tertiary/aromatic N) is 1. The van der Waals surface area contributed by atoms with Crippen molar-refractivity contribution < 1.29 is 24.2 Å². The average molecular weight is 1050 g/mol. The van der Waals surface area contributed by atoms with E-state index in [9.17, 15) is 9.59 Å². The Labute approximate surface area is 350 Å². The summed E-state index contributed by atoms with van der Waals surface area (Å²) in [6, 6.07) is 40.5. The topological polar surface area (TPSA) is 102 Å². The number of aliphatic hydroxyl groups excluding tert-OH is 1. The second-order valence-electron chi connectivity index (χ2n) is 12.7. The summed E-state index contributed by atoms with van der Waals surface area (Å²) in [4.78, 5) is 26.7. The summed E-state index contributed by atoms with van der Waals surface area (Å²) in [6.07, 6.45) is 7.68. The molecule has 0 atom stereocenters. The second kappa shape index (κ2) is 27.5. The Morgan fingerprint density at radius 2 is 0.923 bits per heavy atom. The van der Waals surface area contributed by atoms with Gasteiger partial charge in [-0.05, 0) is 93.7 Å². The molecule has 2 aliphatic carbocycles. The largest absolute Gasteiger partial charge is 0.459 e. The molecule has 52 heavy (non-hydrogen) atoms. The second-order valence-corrected chi connectivity index (χ2v) is 12.7. The molecule has 0 radical (unpaired) electrons. The van der Waals surface area contributed by atoms with Crippen molar-refractivity contribution in [3.8, 4) is 0 Å². The molecule has 7 nitrogen and oxygen atoms in total. The Morgan fingerprint density at radius 3 is 1.27 bits per heavy atom. The van der Waals surface area contributed by atoms with E-state index in [-0.39, 0.29) is 60.8 Å². The van der Waals surface area contributed by atoms with Crippen LogP contribution in [0.5, 0.6) is 0 Å². The van der Waals surface area contributed by atoms with Gasteiger partial charge in [0.2, 0.25) is 0 Å². The highest BCUT2D eigenvalue weighted by atomic mass is 128. The number of carbonyl (C=O) groups is 2. The fraction of sp³-hybridized carbons (Fsp3) is 0.381. The van der Waals surface area contributed by atoms with Gasteiger partial charge in [-0.15, -0.1) is 24.0 Å². The Balaban J connectivity index is 0.000000359. The first kappa shape index (κ1) is 46.0. The van der Waals surface area contributed by atoms with Crippen molar-refractivity contribution >= 4 is 73.1 Å². The van der Waals surface area contributed by atoms with Crippen LogP contribution in [-0.4, -0.2) is 52.8 Å². The van der Waals surface area contributed by atoms with E-state index in [1.165, 1.54) is 11.1 Å². The molecule has 0 heterocycles. The van der Waals surface area contributed by atoms with Crippen molar-refractivity contribution in [3.05, 3.63) is 144 Å². The van der Waals surface area contributed by atoms with Crippen molar-refractivity contribution in [2.75, 3.05) is 6.61 Å². The highest BCUT2D eigenvalue weighted by molar-refractivity contribution is 15.0. The third-order valence-corrected chi connectivity index (χ3v) is 8.90. The van der Waals surface area contributed by atoms with Crippen LogP contribution >= 0.6 is 61.2 Å². The zero-order valence-corrected chi connectivity index (χ0v) is 36.5. The number of benzene rings is 4. The average Bonchev–Trinajstić information content (AvgIpc) is 3.19. The van der Waals surface area contributed by atoms with E-state index in [1.807, 2.05) is 48.5 Å². The zero-order valence-electron chi connectivity index (χ0n) is 29.9. The molecule has 6 rings (SSSR count). The van der Waals surface area contributed by atoms with E-state index in [4.69, 9.17) is 20.3 Å². The lowest BCUT2D eigenvalue weighted by molar-refractivity contribution is 0.00933. The summed E-state index contributed by atoms with van der Waals surface area (Å²) in [5.74, 6) is -0.425. The van der Waals surface area contributed by atoms with Gasteiger partial charge < -0.3 is 20.3 Å². The summed E-state index contributed by atoms with van der Waals surface area (Å²) >= 11 is 4.24. The van der Waals surface area contributed by atoms with Gasteiger partial charge in [-0.25, -0.2) is 9.59 Å². The molecule has 2 fully saturated rings. The number of hydrogen-bond acceptors (Lipinski definition) is 7. The van der Waals surface area contributed by atoms with E-state index in [0.717, 1.165) is 64.5 Å². The quantitative estimate of drug-likeness (QED) is 0.127. The van der Waals surface area contributed by atoms with E-state index < -0.39 is 0 Å². The number of carbonyl (C=O) groups excluding carboxylic acids is 2. The molecular formula is C42H53I3N2O5. The molecule has 0 aliphatic heterocycles. The van der Waals surface area contributed by atoms with Crippen molar-refractivity contribution in [2.24, 2.45) is 5.73 Å². The molecule has 4 aromatic rings. The van der Waals surface area contributed by atoms with Gasteiger partial charge in [0.15, 0.2) is 0 Å². The standard InChI is InChI=1S/C27H29NO2.C13H17NO2.C2H6O.I2.HI/c29-27(24-14-8-3-9-15-24)30-26-18-16-25(17-19-26)28(20-22-10-4-1-5-11-22)21-23-12-6-2-7-13-23;14-11-6-8-12(9-7-11)16-13(15)10-4-2-1-3-5-10;1-2-3;1-2;/h1-15,25-26H,16-21H2;1-5,11-12H,6-9,14H2;3H,2H2,1H3;;1H. The molecule has 10 heteroatoms. The number of rotatable bonds is 9. The Bertz CT molecular complexity index is 1450. The van der Waals surface area contributed by atoms with Crippen molar-refractivity contribution in [1.29, 1.82) is 0 Å². The molecule has 3 N–H and O–H groups in total. The normalized spacial score (nSPS) is 19.0. The molecule has 0 amide bonds. The van der Waals surface area contributed by atoms with Gasteiger partial charge in [-0.3, -0.25) is 4.90 Å². The molecule has 2 aliphatic rings. The molecular weight excluding hydrogens is 993 g/mol. The number of aliphatic hydroxyl groups is 1. The first-order valence-corrected chi connectivity index (χ1v) is 24.1. The summed E-state index contributed by atoms with van der Waals surface area (Å²) < 4.78 is 11.2. The maximum absolute atomic E-state index is 12.4. The lowest BCUT2D eigenvalue weighted by Gasteiger charge is -2.37. The predicted octanol–water partition coefficient (Wildman–Crippen LogP) is 10.4. The Morgan fingerprint density at radius 1 is 0.615 bits per heavy atom. The van der Waals surface area contributed by atoms with Crippen LogP contribution in [0.1, 0.15) is 90.1 Å². The zero-order chi connectivity index (χ0) is 36.7. The third-order valence-electron chi connectivity index (χ3n) is 8.90. The molecule has 0 saturated heterocycles. The molecule has 2 saturated carbocycles. The maximum Gasteiger partial charge on any atom is 0.338 e. The van der Waals surface area contributed by atoms with E-state index in [1.54, 1.807) is 19.1 Å². The molecule has 0 aromatic heterocycles. The monoisotopic (exact) mass is 1050 g/mol. The summed E-state index contributed by atoms with van der Waals surface area (Å²) in [5, 5.41) is 7.57. The molecule has 282 valence electrons. The van der Waals surface area contributed by atoms with Crippen LogP contribution in [0.4, 0.5) is 0 Å². The Kier molecular flexibility index (Phi) is 24.3. The van der Waals surface area contributed by atoms with Gasteiger partial charge in [0.1, 0.15) is 12.2 Å². The van der Waals surface area contributed by atoms with Gasteiger partial charge in [-0.2, -0.15) is 0 Å². The van der Waals surface area contributed by atoms with Gasteiger partial charge >= 0.3 is 11.9 Å². The number of nitrogens with two attached hydrogens (primary N) is 1. The van der Waals surface area contributed by atoms with Crippen molar-refractivity contribution in [3.63, 3.8) is 0 Å². The Hall–Kier alpha value is -2.11. The van der Waals surface area contributed by atoms with Crippen LogP contribution in [-0.2, 0) is 22.6 Å². The fourth-order valence-corrected chi connectivity index (χ4v) is 6.27. The lowest BCUT2D eigenvalue weighted by atomic mass is 9.91. The summed E-state index contributed by atoms with van der Waals surface area (Å²) in [7, 11) is 0. The molecule has 4 aromatic carbocycles. The number of esters is 2. The fourth-order valence-electron chi connectivity index (χ4n) is 6.27. The smallest absolute Gasteiger partial charge is 0.338 e. The SMILES string of the molecule is CCO.I.II.NC1CCC(OC(=O)c2ccccc2)CC1.O=C(OC1CCC(N(Cc2ccccc2)Cc2ccccc2)CC1)c1ccccc1. The number of hydrogen-bond donors (Lipinski definition) is 2. The van der Waals surface area contributed by atoms with Gasteiger partial charge in [0, 0.05) is 69.0 Å². The van der Waals surface area contributed by atoms with E-state index >= 15 is 0 Å². The number of halogens is 3. The predicted molar refractivity (Wildman–Crippen MR) is 238 cm³/mol. The van der Waals surface area contributed by atoms with E-state index in [2.05, 4.69) is 103 Å². The summed E-state index contributed by atoms with van der Waals surface area (Å²) in [5.41, 5.74) is 9.73. The first-order valence-electron chi connectivity index (χ1n) is 17.8. The lowest BCUT2D eigenvalue weighted by Crippen LogP contribution is -2.39. The van der Waals surface area contributed by atoms with Crippen LogP contribution in [0.2, 0.25) is 0 Å². The first-order chi connectivity index (χ1) is 24.9. The van der Waals surface area contributed by atoms with Crippen LogP contribution in [0, 0.1) is 0 Å². The summed E-state index contributed by atoms with van der Waals surface area (Å²) in [6.45, 7) is 3.81. The molecule has 0 spiro atoms. The van der Waals surface area contributed by atoms with Gasteiger partial charge in [-0.1, -0.05) is 97.1 Å². The minimum Gasteiger partial charge on any atom is -0.459 e. The van der Waals surface area contributed by atoms with Crippen molar-refractivity contribution in [2.45, 2.75) is 95.7 Å². The molecule has 0 unspecified atom stereocenters. The highest BCUT2D eigenvalue weighted by Gasteiger charge is 2.28. The van der Waals surface area contributed by atoms with Gasteiger partial charge in [0.25, 0.3) is 0 Å². The van der Waals surface area contributed by atoms with Crippen molar-refractivity contribution in [1.82, 2.24) is 4.90 Å². The molecule has 0 bridgehead atoms. The van der Waals surface area contributed by atoms with Crippen LogP contribution < -0.4 is 5.73 Å². The maximum atomic E-state index is 12.4. The van der Waals surface area contributed by atoms with Crippen LogP contribution in [0.3, 0.4) is 0 Å². The third kappa shape index (κ3) is 17.4. The van der Waals surface area contributed by atoms with Crippen LogP contribution in [0.25, 0.3) is 0 Å². The van der Waals surface area contributed by atoms with E-state index in [0.29, 0.717) is 17.2 Å². The van der Waals surface area contributed by atoms with Crippen LogP contribution in [0.15, 0.2) is 121 Å². The highest BCUT2D eigenvalue weighted by Crippen LogP contribution is 2.28. The minimum atomic E-state index is -0.221. The number of ether oxygens (including phenoxy) is 2.